The van der Waals surface area contributed by atoms with Crippen LogP contribution in [0.1, 0.15) is 23.3 Å². The lowest BCUT2D eigenvalue weighted by Crippen LogP contribution is -2.43. The molecule has 28 heavy (non-hydrogen) atoms. The SMILES string of the molecule is Cn1cnnc1S(=O)(=O)C1CCN(C(=O)c2cc(-c3ccccc3)n[nH]2)CC1. The summed E-state index contributed by atoms with van der Waals surface area (Å²) in [6, 6.07) is 11.3. The molecule has 0 atom stereocenters. The number of benzene rings is 1. The fraction of sp³-hybridized carbons (Fsp3) is 0.333. The van der Waals surface area contributed by atoms with E-state index in [4.69, 9.17) is 0 Å². The van der Waals surface area contributed by atoms with E-state index in [0.29, 0.717) is 37.3 Å². The summed E-state index contributed by atoms with van der Waals surface area (Å²) < 4.78 is 26.9. The molecule has 0 unspecified atom stereocenters. The molecule has 1 saturated heterocycles. The Bertz CT molecular complexity index is 1080. The topological polar surface area (TPSA) is 114 Å². The first-order valence-corrected chi connectivity index (χ1v) is 10.5. The highest BCUT2D eigenvalue weighted by molar-refractivity contribution is 7.91. The summed E-state index contributed by atoms with van der Waals surface area (Å²) in [4.78, 5) is 14.4. The van der Waals surface area contributed by atoms with Crippen molar-refractivity contribution in [3.05, 3.63) is 48.4 Å². The van der Waals surface area contributed by atoms with Crippen molar-refractivity contribution in [3.8, 4) is 11.3 Å². The fourth-order valence-electron chi connectivity index (χ4n) is 3.41. The predicted octanol–water partition coefficient (Wildman–Crippen LogP) is 1.28. The summed E-state index contributed by atoms with van der Waals surface area (Å²) in [6.45, 7) is 0.723. The Morgan fingerprint density at radius 2 is 1.89 bits per heavy atom. The summed E-state index contributed by atoms with van der Waals surface area (Å²) >= 11 is 0. The van der Waals surface area contributed by atoms with E-state index in [-0.39, 0.29) is 11.1 Å². The molecule has 1 fully saturated rings. The Morgan fingerprint density at radius 3 is 2.54 bits per heavy atom. The molecule has 0 aliphatic carbocycles. The number of H-pyrrole nitrogens is 1. The molecule has 0 bridgehead atoms. The molecule has 2 aromatic heterocycles. The maximum absolute atomic E-state index is 12.8. The Kier molecular flexibility index (Phi) is 4.71. The highest BCUT2D eigenvalue weighted by atomic mass is 32.2. The van der Waals surface area contributed by atoms with Crippen LogP contribution in [0.4, 0.5) is 0 Å². The number of nitrogens with zero attached hydrogens (tertiary/aromatic N) is 5. The van der Waals surface area contributed by atoms with Gasteiger partial charge < -0.3 is 9.47 Å². The van der Waals surface area contributed by atoms with Crippen LogP contribution >= 0.6 is 0 Å². The molecule has 0 radical (unpaired) electrons. The third-order valence-corrected chi connectivity index (χ3v) is 7.20. The van der Waals surface area contributed by atoms with Crippen LogP contribution in [-0.2, 0) is 16.9 Å². The van der Waals surface area contributed by atoms with E-state index < -0.39 is 15.1 Å². The number of amides is 1. The Balaban J connectivity index is 1.44. The van der Waals surface area contributed by atoms with Gasteiger partial charge in [0.15, 0.2) is 0 Å². The average Bonchev–Trinajstić information content (AvgIpc) is 3.38. The number of piperidine rings is 1. The van der Waals surface area contributed by atoms with Gasteiger partial charge in [-0.05, 0) is 18.9 Å². The Labute approximate surface area is 162 Å². The summed E-state index contributed by atoms with van der Waals surface area (Å²) in [7, 11) is -1.96. The van der Waals surface area contributed by atoms with Gasteiger partial charge in [-0.1, -0.05) is 30.3 Å². The molecule has 3 heterocycles. The average molecular weight is 400 g/mol. The van der Waals surface area contributed by atoms with Crippen molar-refractivity contribution in [2.24, 2.45) is 7.05 Å². The maximum Gasteiger partial charge on any atom is 0.271 e. The standard InChI is InChI=1S/C18H20N6O3S/c1-23-12-19-22-18(23)28(26,27)14-7-9-24(10-8-14)17(25)16-11-15(20-21-16)13-5-3-2-4-6-13/h2-6,11-12,14H,7-10H2,1H3,(H,20,21). The predicted molar refractivity (Wildman–Crippen MR) is 101 cm³/mol. The molecule has 1 aliphatic rings. The van der Waals surface area contributed by atoms with Crippen LogP contribution in [0.5, 0.6) is 0 Å². The van der Waals surface area contributed by atoms with Gasteiger partial charge in [0.2, 0.25) is 15.0 Å². The Hall–Kier alpha value is -3.01. The molecule has 4 rings (SSSR count). The third-order valence-electron chi connectivity index (χ3n) is 4.97. The first kappa shape index (κ1) is 18.4. The third kappa shape index (κ3) is 3.31. The lowest BCUT2D eigenvalue weighted by Gasteiger charge is -2.31. The van der Waals surface area contributed by atoms with Crippen LogP contribution in [0.15, 0.2) is 47.9 Å². The van der Waals surface area contributed by atoms with E-state index in [9.17, 15) is 13.2 Å². The molecular weight excluding hydrogens is 380 g/mol. The van der Waals surface area contributed by atoms with E-state index in [0.717, 1.165) is 5.56 Å². The van der Waals surface area contributed by atoms with Gasteiger partial charge >= 0.3 is 0 Å². The lowest BCUT2D eigenvalue weighted by atomic mass is 10.1. The molecule has 10 heteroatoms. The normalized spacial score (nSPS) is 15.7. The molecule has 3 aromatic rings. The van der Waals surface area contributed by atoms with Crippen LogP contribution < -0.4 is 0 Å². The second-order valence-corrected chi connectivity index (χ2v) is 8.92. The zero-order valence-electron chi connectivity index (χ0n) is 15.3. The summed E-state index contributed by atoms with van der Waals surface area (Å²) in [5, 5.41) is 13.8. The number of aryl methyl sites for hydroxylation is 1. The van der Waals surface area contributed by atoms with Gasteiger partial charge in [-0.15, -0.1) is 10.2 Å². The number of aromatic nitrogens is 5. The number of aromatic amines is 1. The fourth-order valence-corrected chi connectivity index (χ4v) is 5.15. The largest absolute Gasteiger partial charge is 0.337 e. The number of hydrogen-bond donors (Lipinski definition) is 1. The van der Waals surface area contributed by atoms with Gasteiger partial charge in [0.1, 0.15) is 12.0 Å². The molecule has 9 nitrogen and oxygen atoms in total. The van der Waals surface area contributed by atoms with Crippen molar-refractivity contribution in [2.75, 3.05) is 13.1 Å². The first-order valence-electron chi connectivity index (χ1n) is 8.95. The Morgan fingerprint density at radius 1 is 1.18 bits per heavy atom. The quantitative estimate of drug-likeness (QED) is 0.706. The van der Waals surface area contributed by atoms with Gasteiger partial charge in [0.25, 0.3) is 5.91 Å². The molecule has 0 saturated carbocycles. The van der Waals surface area contributed by atoms with Gasteiger partial charge in [-0.3, -0.25) is 9.89 Å². The molecule has 1 N–H and O–H groups in total. The number of rotatable bonds is 4. The second-order valence-electron chi connectivity index (χ2n) is 6.79. The van der Waals surface area contributed by atoms with E-state index in [2.05, 4.69) is 20.4 Å². The highest BCUT2D eigenvalue weighted by Crippen LogP contribution is 2.24. The van der Waals surface area contributed by atoms with Crippen LogP contribution in [0.25, 0.3) is 11.3 Å². The number of likely N-dealkylation sites (tertiary alicyclic amines) is 1. The molecule has 0 spiro atoms. The number of carbonyl (C=O) groups excluding carboxylic acids is 1. The highest BCUT2D eigenvalue weighted by Gasteiger charge is 2.35. The van der Waals surface area contributed by atoms with Crippen molar-refractivity contribution in [1.82, 2.24) is 29.9 Å². The number of sulfone groups is 1. The van der Waals surface area contributed by atoms with Crippen LogP contribution in [0.2, 0.25) is 0 Å². The van der Waals surface area contributed by atoms with Crippen LogP contribution in [-0.4, -0.2) is 62.5 Å². The monoisotopic (exact) mass is 400 g/mol. The van der Waals surface area contributed by atoms with Crippen molar-refractivity contribution < 1.29 is 13.2 Å². The lowest BCUT2D eigenvalue weighted by molar-refractivity contribution is 0.0719. The van der Waals surface area contributed by atoms with Crippen molar-refractivity contribution in [2.45, 2.75) is 23.2 Å². The van der Waals surface area contributed by atoms with Crippen LogP contribution in [0.3, 0.4) is 0 Å². The van der Waals surface area contributed by atoms with Crippen molar-refractivity contribution in [1.29, 1.82) is 0 Å². The number of nitrogens with one attached hydrogen (secondary N) is 1. The van der Waals surface area contributed by atoms with Gasteiger partial charge in [-0.2, -0.15) is 5.10 Å². The van der Waals surface area contributed by atoms with Crippen molar-refractivity contribution in [3.63, 3.8) is 0 Å². The molecule has 1 aliphatic heterocycles. The zero-order valence-corrected chi connectivity index (χ0v) is 16.1. The minimum absolute atomic E-state index is 0.0293. The van der Waals surface area contributed by atoms with E-state index in [1.54, 1.807) is 18.0 Å². The van der Waals surface area contributed by atoms with Crippen LogP contribution in [0, 0.1) is 0 Å². The summed E-state index contributed by atoms with van der Waals surface area (Å²) in [5.74, 6) is -0.177. The van der Waals surface area contributed by atoms with Gasteiger partial charge in [0, 0.05) is 25.7 Å². The molecule has 1 amide bonds. The smallest absolute Gasteiger partial charge is 0.271 e. The minimum atomic E-state index is -3.56. The first-order chi connectivity index (χ1) is 13.5. The number of carbonyl (C=O) groups is 1. The second kappa shape index (κ2) is 7.19. The van der Waals surface area contributed by atoms with Crippen molar-refractivity contribution >= 4 is 15.7 Å². The minimum Gasteiger partial charge on any atom is -0.337 e. The summed E-state index contributed by atoms with van der Waals surface area (Å²) in [5.41, 5.74) is 2.02. The zero-order chi connectivity index (χ0) is 19.7. The van der Waals surface area contributed by atoms with Gasteiger partial charge in [0.05, 0.1) is 10.9 Å². The molecule has 146 valence electrons. The van der Waals surface area contributed by atoms with E-state index in [1.807, 2.05) is 30.3 Å². The number of hydrogen-bond acceptors (Lipinski definition) is 6. The van der Waals surface area contributed by atoms with E-state index >= 15 is 0 Å². The summed E-state index contributed by atoms with van der Waals surface area (Å²) in [6.07, 6.45) is 2.09. The molecular formula is C18H20N6O3S. The maximum atomic E-state index is 12.8. The molecule has 1 aromatic carbocycles. The van der Waals surface area contributed by atoms with Gasteiger partial charge in [-0.25, -0.2) is 8.42 Å². The van der Waals surface area contributed by atoms with E-state index in [1.165, 1.54) is 10.9 Å².